The highest BCUT2D eigenvalue weighted by atomic mass is 16.5. The number of aromatic nitrogens is 1. The van der Waals surface area contributed by atoms with Gasteiger partial charge >= 0.3 is 0 Å². The molecule has 1 aromatic rings. The molecule has 44 valence electrons. The highest BCUT2D eigenvalue weighted by Gasteiger charge is 1.88. The van der Waals surface area contributed by atoms with Crippen molar-refractivity contribution in [1.29, 1.82) is 0 Å². The van der Waals surface area contributed by atoms with E-state index in [9.17, 15) is 0 Å². The van der Waals surface area contributed by atoms with Gasteiger partial charge in [-0.25, -0.2) is 4.98 Å². The average Bonchev–Trinajstić information content (AvgIpc) is 1.88. The Bertz CT molecular complexity index is 202. The van der Waals surface area contributed by atoms with E-state index in [0.29, 0.717) is 11.3 Å². The van der Waals surface area contributed by atoms with Gasteiger partial charge in [0.15, 0.2) is 0 Å². The normalized spacial score (nSPS) is 9.00. The summed E-state index contributed by atoms with van der Waals surface area (Å²) in [6.07, 6.45) is 1.61. The molecule has 0 aromatic carbocycles. The summed E-state index contributed by atoms with van der Waals surface area (Å²) in [5.41, 5.74) is 0.668. The fourth-order valence-corrected chi connectivity index (χ4v) is 0.536. The summed E-state index contributed by atoms with van der Waals surface area (Å²) in [6.45, 7) is 0. The average molecular weight is 119 g/mol. The van der Waals surface area contributed by atoms with Crippen molar-refractivity contribution < 1.29 is 4.74 Å². The molecule has 0 bridgehead atoms. The van der Waals surface area contributed by atoms with E-state index in [4.69, 9.17) is 12.6 Å². The summed E-state index contributed by atoms with van der Waals surface area (Å²) in [7, 11) is 6.97. The van der Waals surface area contributed by atoms with Crippen LogP contribution in [0.3, 0.4) is 0 Å². The SMILES string of the molecule is [B]c1ccnc(OC)c1. The maximum atomic E-state index is 5.41. The number of hydrogen-bond donors (Lipinski definition) is 0. The van der Waals surface area contributed by atoms with Crippen molar-refractivity contribution in [3.05, 3.63) is 18.3 Å². The van der Waals surface area contributed by atoms with Gasteiger partial charge in [-0.3, -0.25) is 0 Å². The summed E-state index contributed by atoms with van der Waals surface area (Å²) in [5, 5.41) is 0. The van der Waals surface area contributed by atoms with Crippen LogP contribution in [-0.4, -0.2) is 19.9 Å². The van der Waals surface area contributed by atoms with Crippen molar-refractivity contribution in [2.24, 2.45) is 0 Å². The van der Waals surface area contributed by atoms with Crippen molar-refractivity contribution in [1.82, 2.24) is 4.98 Å². The molecular formula is C6H6BNO. The van der Waals surface area contributed by atoms with Gasteiger partial charge in [0.25, 0.3) is 0 Å². The van der Waals surface area contributed by atoms with Gasteiger partial charge in [0.1, 0.15) is 7.85 Å². The lowest BCUT2D eigenvalue weighted by molar-refractivity contribution is 0.398. The first-order valence-corrected chi connectivity index (χ1v) is 2.58. The molecule has 1 rings (SSSR count). The summed E-state index contributed by atoms with van der Waals surface area (Å²) in [6, 6.07) is 3.38. The van der Waals surface area contributed by atoms with E-state index in [0.717, 1.165) is 0 Å². The first-order valence-electron chi connectivity index (χ1n) is 2.58. The monoisotopic (exact) mass is 119 g/mol. The molecule has 0 amide bonds. The maximum absolute atomic E-state index is 5.41. The van der Waals surface area contributed by atoms with Crippen LogP contribution in [0, 0.1) is 0 Å². The second-order valence-corrected chi connectivity index (χ2v) is 1.63. The lowest BCUT2D eigenvalue weighted by atomic mass is 9.98. The van der Waals surface area contributed by atoms with Gasteiger partial charge in [-0.2, -0.15) is 0 Å². The fraction of sp³-hybridized carbons (Fsp3) is 0.167. The zero-order valence-corrected chi connectivity index (χ0v) is 5.16. The van der Waals surface area contributed by atoms with Crippen LogP contribution < -0.4 is 10.2 Å². The molecule has 0 N–H and O–H groups in total. The van der Waals surface area contributed by atoms with Crippen molar-refractivity contribution in [2.45, 2.75) is 0 Å². The molecule has 0 unspecified atom stereocenters. The Morgan fingerprint density at radius 3 is 2.89 bits per heavy atom. The van der Waals surface area contributed by atoms with Crippen LogP contribution in [0.5, 0.6) is 5.88 Å². The van der Waals surface area contributed by atoms with Crippen molar-refractivity contribution in [2.75, 3.05) is 7.11 Å². The fourth-order valence-electron chi connectivity index (χ4n) is 0.536. The summed E-state index contributed by atoms with van der Waals surface area (Å²) >= 11 is 0. The Morgan fingerprint density at radius 2 is 2.44 bits per heavy atom. The summed E-state index contributed by atoms with van der Waals surface area (Å²) < 4.78 is 4.80. The highest BCUT2D eigenvalue weighted by molar-refractivity contribution is 6.32. The van der Waals surface area contributed by atoms with Gasteiger partial charge < -0.3 is 4.74 Å². The van der Waals surface area contributed by atoms with Crippen LogP contribution in [0.4, 0.5) is 0 Å². The lowest BCUT2D eigenvalue weighted by Gasteiger charge is -1.96. The molecule has 0 atom stereocenters. The molecule has 2 nitrogen and oxygen atoms in total. The number of ether oxygens (including phenoxy) is 1. The number of pyridine rings is 1. The number of methoxy groups -OCH3 is 1. The summed E-state index contributed by atoms with van der Waals surface area (Å²) in [5.74, 6) is 0.551. The Balaban J connectivity index is 2.94. The van der Waals surface area contributed by atoms with Gasteiger partial charge in [-0.15, -0.1) is 0 Å². The molecule has 0 saturated carbocycles. The van der Waals surface area contributed by atoms with Crippen molar-refractivity contribution in [3.63, 3.8) is 0 Å². The Labute approximate surface area is 55.3 Å². The van der Waals surface area contributed by atoms with E-state index in [-0.39, 0.29) is 0 Å². The van der Waals surface area contributed by atoms with Gasteiger partial charge in [0, 0.05) is 6.20 Å². The van der Waals surface area contributed by atoms with E-state index in [2.05, 4.69) is 4.98 Å². The number of hydrogen-bond acceptors (Lipinski definition) is 2. The smallest absolute Gasteiger partial charge is 0.212 e. The number of rotatable bonds is 1. The van der Waals surface area contributed by atoms with Gasteiger partial charge in [-0.1, -0.05) is 11.5 Å². The van der Waals surface area contributed by atoms with Crippen LogP contribution in [0.25, 0.3) is 0 Å². The molecule has 1 heterocycles. The lowest BCUT2D eigenvalue weighted by Crippen LogP contribution is -2.02. The zero-order chi connectivity index (χ0) is 6.69. The quantitative estimate of drug-likeness (QED) is 0.481. The van der Waals surface area contributed by atoms with E-state index in [1.807, 2.05) is 0 Å². The third-order valence-electron chi connectivity index (χ3n) is 0.968. The highest BCUT2D eigenvalue weighted by Crippen LogP contribution is 1.97. The van der Waals surface area contributed by atoms with Crippen molar-refractivity contribution >= 4 is 13.3 Å². The molecule has 0 aliphatic heterocycles. The van der Waals surface area contributed by atoms with Crippen LogP contribution in [0.15, 0.2) is 18.3 Å². The standard InChI is InChI=1S/C6H6BNO/c1-9-6-4-5(7)2-3-8-6/h2-4H,1H3. The third kappa shape index (κ3) is 1.45. The largest absolute Gasteiger partial charge is 0.481 e. The van der Waals surface area contributed by atoms with E-state index in [1.165, 1.54) is 0 Å². The molecule has 0 aliphatic rings. The minimum absolute atomic E-state index is 0.551. The maximum Gasteiger partial charge on any atom is 0.212 e. The van der Waals surface area contributed by atoms with Crippen LogP contribution >= 0.6 is 0 Å². The van der Waals surface area contributed by atoms with Gasteiger partial charge in [0.2, 0.25) is 5.88 Å². The van der Waals surface area contributed by atoms with Crippen LogP contribution in [0.1, 0.15) is 0 Å². The predicted octanol–water partition coefficient (Wildman–Crippen LogP) is -0.116. The van der Waals surface area contributed by atoms with E-state index >= 15 is 0 Å². The molecule has 9 heavy (non-hydrogen) atoms. The minimum Gasteiger partial charge on any atom is -0.481 e. The first kappa shape index (κ1) is 6.14. The molecular weight excluding hydrogens is 113 g/mol. The van der Waals surface area contributed by atoms with E-state index < -0.39 is 0 Å². The van der Waals surface area contributed by atoms with Crippen LogP contribution in [-0.2, 0) is 0 Å². The molecule has 0 saturated heterocycles. The molecule has 3 heteroatoms. The van der Waals surface area contributed by atoms with Crippen LogP contribution in [0.2, 0.25) is 0 Å². The third-order valence-corrected chi connectivity index (χ3v) is 0.968. The predicted molar refractivity (Wildman–Crippen MR) is 36.2 cm³/mol. The van der Waals surface area contributed by atoms with Gasteiger partial charge in [-0.05, 0) is 6.07 Å². The van der Waals surface area contributed by atoms with Crippen molar-refractivity contribution in [3.8, 4) is 5.88 Å². The first-order chi connectivity index (χ1) is 4.33. The second-order valence-electron chi connectivity index (χ2n) is 1.63. The van der Waals surface area contributed by atoms with Gasteiger partial charge in [0.05, 0.1) is 7.11 Å². The molecule has 0 fully saturated rings. The summed E-state index contributed by atoms with van der Waals surface area (Å²) in [4.78, 5) is 3.86. The minimum atomic E-state index is 0.551. The topological polar surface area (TPSA) is 22.1 Å². The Hall–Kier alpha value is -0.985. The molecule has 0 spiro atoms. The Morgan fingerprint density at radius 1 is 1.67 bits per heavy atom. The molecule has 1 aromatic heterocycles. The number of nitrogens with zero attached hydrogens (tertiary/aromatic N) is 1. The molecule has 2 radical (unpaired) electrons. The molecule has 0 aliphatic carbocycles. The van der Waals surface area contributed by atoms with E-state index in [1.54, 1.807) is 25.4 Å². The Kier molecular flexibility index (Phi) is 1.73. The second kappa shape index (κ2) is 2.53. The zero-order valence-electron chi connectivity index (χ0n) is 5.16.